The molecular weight excluding hydrogens is 301 g/mol. The SMILES string of the molecule is ClCC(Cl)CCOC(Cl)C(Cl)(Cl)Cl. The van der Waals surface area contributed by atoms with Gasteiger partial charge in [0.15, 0.2) is 5.56 Å². The van der Waals surface area contributed by atoms with Gasteiger partial charge in [-0.15, -0.1) is 23.2 Å². The molecule has 2 atom stereocenters. The number of ether oxygens (including phenoxy) is 1. The highest BCUT2D eigenvalue weighted by Crippen LogP contribution is 2.34. The maximum atomic E-state index is 5.71. The van der Waals surface area contributed by atoms with Gasteiger partial charge in [0.2, 0.25) is 3.79 Å². The number of alkyl halides is 6. The Labute approximate surface area is 107 Å². The predicted molar refractivity (Wildman–Crippen MR) is 60.9 cm³/mol. The van der Waals surface area contributed by atoms with E-state index in [2.05, 4.69) is 0 Å². The van der Waals surface area contributed by atoms with E-state index < -0.39 is 9.36 Å². The topological polar surface area (TPSA) is 9.23 Å². The highest BCUT2D eigenvalue weighted by Gasteiger charge is 2.31. The van der Waals surface area contributed by atoms with Crippen LogP contribution in [0.5, 0.6) is 0 Å². The Kier molecular flexibility index (Phi) is 7.98. The molecule has 0 aliphatic carbocycles. The zero-order valence-corrected chi connectivity index (χ0v) is 11.0. The molecule has 13 heavy (non-hydrogen) atoms. The van der Waals surface area contributed by atoms with Gasteiger partial charge in [0, 0.05) is 11.3 Å². The average Bonchev–Trinajstić information content (AvgIpc) is 2.02. The molecule has 0 rings (SSSR count). The fourth-order valence-electron chi connectivity index (χ4n) is 0.471. The summed E-state index contributed by atoms with van der Waals surface area (Å²) in [6.07, 6.45) is 0.565. The predicted octanol–water partition coefficient (Wildman–Crippen LogP) is 4.17. The van der Waals surface area contributed by atoms with Gasteiger partial charge in [0.05, 0.1) is 6.61 Å². The van der Waals surface area contributed by atoms with Crippen LogP contribution in [0.4, 0.5) is 0 Å². The lowest BCUT2D eigenvalue weighted by atomic mass is 10.3. The third-order valence-corrected chi connectivity index (χ3v) is 3.41. The summed E-state index contributed by atoms with van der Waals surface area (Å²) in [5.41, 5.74) is -0.975. The largest absolute Gasteiger partial charge is 0.358 e. The first-order valence-corrected chi connectivity index (χ1v) is 5.94. The van der Waals surface area contributed by atoms with Gasteiger partial charge >= 0.3 is 0 Å². The van der Waals surface area contributed by atoms with Crippen molar-refractivity contribution in [2.75, 3.05) is 12.5 Å². The minimum atomic E-state index is -1.62. The molecule has 7 heteroatoms. The maximum absolute atomic E-state index is 5.71. The molecule has 0 saturated carbocycles. The molecule has 0 aliphatic rings. The van der Waals surface area contributed by atoms with Gasteiger partial charge in [-0.2, -0.15) is 0 Å². The van der Waals surface area contributed by atoms with Crippen molar-refractivity contribution in [3.05, 3.63) is 0 Å². The minimum absolute atomic E-state index is 0.152. The van der Waals surface area contributed by atoms with Crippen molar-refractivity contribution < 1.29 is 4.74 Å². The van der Waals surface area contributed by atoms with Gasteiger partial charge in [-0.1, -0.05) is 46.4 Å². The van der Waals surface area contributed by atoms with Gasteiger partial charge in [-0.3, -0.25) is 0 Å². The van der Waals surface area contributed by atoms with Crippen LogP contribution in [0.25, 0.3) is 0 Å². The first-order valence-electron chi connectivity index (χ1n) is 3.40. The summed E-state index contributed by atoms with van der Waals surface area (Å²) in [5.74, 6) is 0.353. The van der Waals surface area contributed by atoms with Gasteiger partial charge < -0.3 is 4.74 Å². The summed E-state index contributed by atoms with van der Waals surface area (Å²) in [6, 6.07) is 0. The van der Waals surface area contributed by atoms with E-state index in [9.17, 15) is 0 Å². The summed E-state index contributed by atoms with van der Waals surface area (Å²) in [7, 11) is 0. The second-order valence-electron chi connectivity index (χ2n) is 2.27. The summed E-state index contributed by atoms with van der Waals surface area (Å²) < 4.78 is 3.38. The molecule has 2 unspecified atom stereocenters. The molecule has 0 radical (unpaired) electrons. The molecular formula is C6H8Cl6O. The first kappa shape index (κ1) is 14.7. The first-order chi connectivity index (χ1) is 5.88. The molecule has 80 valence electrons. The van der Waals surface area contributed by atoms with Gasteiger partial charge in [-0.25, -0.2) is 0 Å². The highest BCUT2D eigenvalue weighted by atomic mass is 35.6. The summed E-state index contributed by atoms with van der Waals surface area (Å²) >= 11 is 33.1. The zero-order chi connectivity index (χ0) is 10.5. The Hall–Kier alpha value is 1.70. The van der Waals surface area contributed by atoms with Gasteiger partial charge in [-0.05, 0) is 6.42 Å². The summed E-state index contributed by atoms with van der Waals surface area (Å²) in [5, 5.41) is -0.152. The molecule has 0 fully saturated rings. The van der Waals surface area contributed by atoms with Crippen LogP contribution in [-0.2, 0) is 4.74 Å². The Morgan fingerprint density at radius 3 is 2.08 bits per heavy atom. The van der Waals surface area contributed by atoms with Crippen LogP contribution in [0.1, 0.15) is 6.42 Å². The van der Waals surface area contributed by atoms with Crippen LogP contribution in [0, 0.1) is 0 Å². The van der Waals surface area contributed by atoms with E-state index >= 15 is 0 Å². The standard InChI is InChI=1S/C6H8Cl6O/c7-3-4(8)1-2-13-5(9)6(10,11)12/h4-5H,1-3H2. The number of hydrogen-bond donors (Lipinski definition) is 0. The molecule has 0 aromatic carbocycles. The molecule has 0 amide bonds. The smallest absolute Gasteiger partial charge is 0.230 e. The van der Waals surface area contributed by atoms with Crippen molar-refractivity contribution in [3.8, 4) is 0 Å². The summed E-state index contributed by atoms with van der Waals surface area (Å²) in [6.45, 7) is 0.308. The molecule has 1 nitrogen and oxygen atoms in total. The summed E-state index contributed by atoms with van der Waals surface area (Å²) in [4.78, 5) is 0. The second kappa shape index (κ2) is 7.05. The van der Waals surface area contributed by atoms with Crippen molar-refractivity contribution in [2.45, 2.75) is 21.2 Å². The lowest BCUT2D eigenvalue weighted by Gasteiger charge is -2.18. The van der Waals surface area contributed by atoms with Crippen LogP contribution >= 0.6 is 69.6 Å². The van der Waals surface area contributed by atoms with E-state index in [1.165, 1.54) is 0 Å². The third kappa shape index (κ3) is 7.61. The van der Waals surface area contributed by atoms with Crippen LogP contribution in [0.2, 0.25) is 0 Å². The highest BCUT2D eigenvalue weighted by molar-refractivity contribution is 6.70. The molecule has 0 heterocycles. The van der Waals surface area contributed by atoms with Crippen molar-refractivity contribution in [1.82, 2.24) is 0 Å². The molecule has 0 aliphatic heterocycles. The number of halogens is 6. The Morgan fingerprint density at radius 2 is 1.69 bits per heavy atom. The number of rotatable bonds is 5. The van der Waals surface area contributed by atoms with E-state index in [1.807, 2.05) is 0 Å². The van der Waals surface area contributed by atoms with Crippen molar-refractivity contribution >= 4 is 69.6 Å². The quantitative estimate of drug-likeness (QED) is 0.693. The van der Waals surface area contributed by atoms with E-state index in [0.29, 0.717) is 18.9 Å². The van der Waals surface area contributed by atoms with Crippen LogP contribution in [0.3, 0.4) is 0 Å². The molecule has 0 bridgehead atoms. The molecule has 0 spiro atoms. The third-order valence-electron chi connectivity index (χ3n) is 1.12. The molecule has 0 N–H and O–H groups in total. The van der Waals surface area contributed by atoms with Crippen LogP contribution < -0.4 is 0 Å². The Morgan fingerprint density at radius 1 is 1.15 bits per heavy atom. The lowest BCUT2D eigenvalue weighted by molar-refractivity contribution is 0.108. The maximum Gasteiger partial charge on any atom is 0.230 e. The number of hydrogen-bond acceptors (Lipinski definition) is 1. The molecule has 0 aromatic rings. The van der Waals surface area contributed by atoms with Crippen LogP contribution in [-0.4, -0.2) is 27.2 Å². The van der Waals surface area contributed by atoms with Crippen molar-refractivity contribution in [3.63, 3.8) is 0 Å². The fourth-order valence-corrected chi connectivity index (χ4v) is 0.992. The zero-order valence-electron chi connectivity index (χ0n) is 6.45. The van der Waals surface area contributed by atoms with E-state index in [-0.39, 0.29) is 5.38 Å². The van der Waals surface area contributed by atoms with E-state index in [0.717, 1.165) is 0 Å². The fraction of sp³-hybridized carbons (Fsp3) is 1.00. The van der Waals surface area contributed by atoms with Gasteiger partial charge in [0.25, 0.3) is 0 Å². The molecule has 0 aromatic heterocycles. The Balaban J connectivity index is 3.54. The van der Waals surface area contributed by atoms with Gasteiger partial charge in [0.1, 0.15) is 0 Å². The molecule has 0 saturated heterocycles. The second-order valence-corrected chi connectivity index (χ2v) is 5.96. The monoisotopic (exact) mass is 306 g/mol. The minimum Gasteiger partial charge on any atom is -0.358 e. The van der Waals surface area contributed by atoms with E-state index in [4.69, 9.17) is 74.3 Å². The van der Waals surface area contributed by atoms with Crippen molar-refractivity contribution in [1.29, 1.82) is 0 Å². The lowest BCUT2D eigenvalue weighted by Crippen LogP contribution is -2.24. The normalized spacial score (nSPS) is 17.1. The van der Waals surface area contributed by atoms with Crippen molar-refractivity contribution in [2.24, 2.45) is 0 Å². The Bertz CT molecular complexity index is 136. The van der Waals surface area contributed by atoms with Crippen LogP contribution in [0.15, 0.2) is 0 Å². The van der Waals surface area contributed by atoms with E-state index in [1.54, 1.807) is 0 Å². The average molecular weight is 309 g/mol.